The van der Waals surface area contributed by atoms with Gasteiger partial charge in [0.05, 0.1) is 13.2 Å². The molecule has 0 heterocycles. The van der Waals surface area contributed by atoms with Crippen molar-refractivity contribution in [3.05, 3.63) is 23.8 Å². The first-order valence-electron chi connectivity index (χ1n) is 5.75. The van der Waals surface area contributed by atoms with Crippen molar-refractivity contribution in [3.63, 3.8) is 0 Å². The fourth-order valence-electron chi connectivity index (χ4n) is 1.35. The second-order valence-corrected chi connectivity index (χ2v) is 4.10. The fourth-order valence-corrected chi connectivity index (χ4v) is 1.35. The van der Waals surface area contributed by atoms with Crippen LogP contribution in [0.25, 0.3) is 0 Å². The first kappa shape index (κ1) is 14.3. The van der Waals surface area contributed by atoms with E-state index in [-0.39, 0.29) is 19.1 Å². The highest BCUT2D eigenvalue weighted by Gasteiger charge is 2.08. The van der Waals surface area contributed by atoms with Crippen molar-refractivity contribution in [2.45, 2.75) is 20.0 Å². The number of aryl methyl sites for hydroxylation is 1. The molecule has 0 radical (unpaired) electrons. The summed E-state index contributed by atoms with van der Waals surface area (Å²) in [5.41, 5.74) is 1.05. The summed E-state index contributed by atoms with van der Waals surface area (Å²) in [6.07, 6.45) is -0.567. The van der Waals surface area contributed by atoms with E-state index in [4.69, 9.17) is 14.6 Å². The molecule has 1 rings (SSSR count). The van der Waals surface area contributed by atoms with Crippen LogP contribution >= 0.6 is 0 Å². The standard InChI is InChI=1S/C13H19NO4/c1-9-4-5-11(12(6-9)17-3)18-8-13(16)14-7-10(2)15/h4-6,10,15H,7-8H2,1-3H3,(H,14,16)/t10-/m0/s1. The summed E-state index contributed by atoms with van der Waals surface area (Å²) >= 11 is 0. The van der Waals surface area contributed by atoms with Crippen LogP contribution in [-0.2, 0) is 4.79 Å². The molecule has 2 N–H and O–H groups in total. The Bertz CT molecular complexity index is 404. The Labute approximate surface area is 107 Å². The van der Waals surface area contributed by atoms with Crippen molar-refractivity contribution in [3.8, 4) is 11.5 Å². The quantitative estimate of drug-likeness (QED) is 0.789. The van der Waals surface area contributed by atoms with Gasteiger partial charge in [0.25, 0.3) is 5.91 Å². The molecule has 5 nitrogen and oxygen atoms in total. The highest BCUT2D eigenvalue weighted by molar-refractivity contribution is 5.77. The Balaban J connectivity index is 2.50. The maximum absolute atomic E-state index is 11.4. The van der Waals surface area contributed by atoms with Gasteiger partial charge < -0.3 is 19.9 Å². The van der Waals surface area contributed by atoms with Gasteiger partial charge in [-0.3, -0.25) is 4.79 Å². The Kier molecular flexibility index (Phi) is 5.45. The monoisotopic (exact) mass is 253 g/mol. The van der Waals surface area contributed by atoms with Crippen molar-refractivity contribution in [2.24, 2.45) is 0 Å². The number of ether oxygens (including phenoxy) is 2. The van der Waals surface area contributed by atoms with Gasteiger partial charge in [-0.25, -0.2) is 0 Å². The van der Waals surface area contributed by atoms with Gasteiger partial charge >= 0.3 is 0 Å². The summed E-state index contributed by atoms with van der Waals surface area (Å²) < 4.78 is 10.5. The van der Waals surface area contributed by atoms with E-state index in [0.29, 0.717) is 11.5 Å². The number of carbonyl (C=O) groups is 1. The molecular weight excluding hydrogens is 234 g/mol. The maximum atomic E-state index is 11.4. The molecule has 0 saturated heterocycles. The third-order valence-electron chi connectivity index (χ3n) is 2.27. The van der Waals surface area contributed by atoms with Crippen LogP contribution < -0.4 is 14.8 Å². The second-order valence-electron chi connectivity index (χ2n) is 4.10. The smallest absolute Gasteiger partial charge is 0.258 e. The number of aliphatic hydroxyl groups excluding tert-OH is 1. The normalized spacial score (nSPS) is 11.8. The Morgan fingerprint density at radius 2 is 2.17 bits per heavy atom. The van der Waals surface area contributed by atoms with Crippen molar-refractivity contribution in [1.29, 1.82) is 0 Å². The molecular formula is C13H19NO4. The van der Waals surface area contributed by atoms with E-state index in [1.54, 1.807) is 20.1 Å². The molecule has 0 bridgehead atoms. The minimum atomic E-state index is -0.567. The highest BCUT2D eigenvalue weighted by atomic mass is 16.5. The topological polar surface area (TPSA) is 67.8 Å². The lowest BCUT2D eigenvalue weighted by Crippen LogP contribution is -2.34. The highest BCUT2D eigenvalue weighted by Crippen LogP contribution is 2.27. The summed E-state index contributed by atoms with van der Waals surface area (Å²) in [5, 5.41) is 11.6. The van der Waals surface area contributed by atoms with Gasteiger partial charge in [-0.2, -0.15) is 0 Å². The number of hydrogen-bond acceptors (Lipinski definition) is 4. The lowest BCUT2D eigenvalue weighted by Gasteiger charge is -2.11. The zero-order valence-corrected chi connectivity index (χ0v) is 10.9. The number of rotatable bonds is 6. The van der Waals surface area contributed by atoms with Gasteiger partial charge in [-0.1, -0.05) is 6.07 Å². The van der Waals surface area contributed by atoms with Gasteiger partial charge in [-0.05, 0) is 31.5 Å². The Morgan fingerprint density at radius 1 is 1.44 bits per heavy atom. The average Bonchev–Trinajstić information content (AvgIpc) is 2.34. The third kappa shape index (κ3) is 4.63. The number of amides is 1. The van der Waals surface area contributed by atoms with E-state index in [0.717, 1.165) is 5.56 Å². The van der Waals surface area contributed by atoms with E-state index < -0.39 is 6.10 Å². The molecule has 0 spiro atoms. The third-order valence-corrected chi connectivity index (χ3v) is 2.27. The summed E-state index contributed by atoms with van der Waals surface area (Å²) in [6, 6.07) is 5.48. The van der Waals surface area contributed by atoms with Gasteiger partial charge in [0, 0.05) is 6.54 Å². The number of carbonyl (C=O) groups excluding carboxylic acids is 1. The van der Waals surface area contributed by atoms with Crippen LogP contribution in [-0.4, -0.2) is 37.4 Å². The molecule has 0 aliphatic heterocycles. The summed E-state index contributed by atoms with van der Waals surface area (Å²) in [7, 11) is 1.55. The minimum absolute atomic E-state index is 0.105. The van der Waals surface area contributed by atoms with E-state index in [9.17, 15) is 4.79 Å². The molecule has 0 fully saturated rings. The van der Waals surface area contributed by atoms with E-state index in [1.165, 1.54) is 0 Å². The largest absolute Gasteiger partial charge is 0.493 e. The van der Waals surface area contributed by atoms with Gasteiger partial charge in [0.2, 0.25) is 0 Å². The van der Waals surface area contributed by atoms with Crippen LogP contribution in [0.4, 0.5) is 0 Å². The molecule has 0 aliphatic carbocycles. The first-order valence-corrected chi connectivity index (χ1v) is 5.75. The summed E-state index contributed by atoms with van der Waals surface area (Å²) in [6.45, 7) is 3.66. The van der Waals surface area contributed by atoms with Crippen LogP contribution in [0.1, 0.15) is 12.5 Å². The SMILES string of the molecule is COc1cc(C)ccc1OCC(=O)NC[C@H](C)O. The number of aliphatic hydroxyl groups is 1. The van der Waals surface area contributed by atoms with E-state index in [2.05, 4.69) is 5.32 Å². The van der Waals surface area contributed by atoms with Crippen LogP contribution in [0.5, 0.6) is 11.5 Å². The summed E-state index contributed by atoms with van der Waals surface area (Å²) in [5.74, 6) is 0.840. The van der Waals surface area contributed by atoms with Gasteiger partial charge in [0.1, 0.15) is 0 Å². The number of hydrogen-bond donors (Lipinski definition) is 2. The van der Waals surface area contributed by atoms with Gasteiger partial charge in [-0.15, -0.1) is 0 Å². The molecule has 0 unspecified atom stereocenters. The minimum Gasteiger partial charge on any atom is -0.493 e. The lowest BCUT2D eigenvalue weighted by atomic mass is 10.2. The van der Waals surface area contributed by atoms with Crippen LogP contribution in [0.2, 0.25) is 0 Å². The van der Waals surface area contributed by atoms with Crippen LogP contribution in [0, 0.1) is 6.92 Å². The molecule has 1 aromatic carbocycles. The second kappa shape index (κ2) is 6.86. The predicted molar refractivity (Wildman–Crippen MR) is 67.9 cm³/mol. The van der Waals surface area contributed by atoms with Crippen molar-refractivity contribution in [2.75, 3.05) is 20.3 Å². The number of benzene rings is 1. The van der Waals surface area contributed by atoms with Crippen molar-refractivity contribution >= 4 is 5.91 Å². The van der Waals surface area contributed by atoms with Crippen molar-refractivity contribution < 1.29 is 19.4 Å². The average molecular weight is 253 g/mol. The molecule has 0 saturated carbocycles. The Hall–Kier alpha value is -1.75. The maximum Gasteiger partial charge on any atom is 0.258 e. The summed E-state index contributed by atoms with van der Waals surface area (Å²) in [4.78, 5) is 11.4. The molecule has 5 heteroatoms. The molecule has 1 aromatic rings. The van der Waals surface area contributed by atoms with E-state index >= 15 is 0 Å². The van der Waals surface area contributed by atoms with E-state index in [1.807, 2.05) is 19.1 Å². The zero-order chi connectivity index (χ0) is 13.5. The fraction of sp³-hybridized carbons (Fsp3) is 0.462. The number of nitrogens with one attached hydrogen (secondary N) is 1. The van der Waals surface area contributed by atoms with Crippen LogP contribution in [0.15, 0.2) is 18.2 Å². The molecule has 0 aliphatic rings. The molecule has 1 amide bonds. The Morgan fingerprint density at radius 3 is 2.78 bits per heavy atom. The molecule has 1 atom stereocenters. The molecule has 0 aromatic heterocycles. The first-order chi connectivity index (χ1) is 8.52. The predicted octanol–water partition coefficient (Wildman–Crippen LogP) is 0.879. The van der Waals surface area contributed by atoms with Crippen molar-refractivity contribution in [1.82, 2.24) is 5.32 Å². The zero-order valence-electron chi connectivity index (χ0n) is 10.9. The molecule has 100 valence electrons. The lowest BCUT2D eigenvalue weighted by molar-refractivity contribution is -0.123. The van der Waals surface area contributed by atoms with Gasteiger partial charge in [0.15, 0.2) is 18.1 Å². The molecule has 18 heavy (non-hydrogen) atoms. The van der Waals surface area contributed by atoms with Crippen LogP contribution in [0.3, 0.4) is 0 Å². The number of methoxy groups -OCH3 is 1.